The molecule has 1 aliphatic heterocycles. The second-order valence-electron chi connectivity index (χ2n) is 10.7. The number of thioether (sulfide) groups is 1. The Morgan fingerprint density at radius 2 is 1.83 bits per heavy atom. The van der Waals surface area contributed by atoms with Crippen LogP contribution in [0.1, 0.15) is 35.2 Å². The summed E-state index contributed by atoms with van der Waals surface area (Å²) in [4.78, 5) is 34.5. The highest BCUT2D eigenvalue weighted by atomic mass is 79.9. The molecule has 244 valence electrons. The van der Waals surface area contributed by atoms with Gasteiger partial charge in [-0.3, -0.25) is 9.36 Å². The van der Waals surface area contributed by atoms with Gasteiger partial charge in [0.25, 0.3) is 5.56 Å². The van der Waals surface area contributed by atoms with E-state index in [1.165, 1.54) is 11.3 Å². The summed E-state index contributed by atoms with van der Waals surface area (Å²) in [6.45, 7) is 2.23. The maximum absolute atomic E-state index is 14.3. The number of aromatic nitrogens is 1. The largest absolute Gasteiger partial charge is 0.493 e. The van der Waals surface area contributed by atoms with E-state index in [0.29, 0.717) is 47.2 Å². The van der Waals surface area contributed by atoms with E-state index in [2.05, 4.69) is 15.9 Å². The second-order valence-corrected chi connectivity index (χ2v) is 13.8. The first-order chi connectivity index (χ1) is 23.3. The summed E-state index contributed by atoms with van der Waals surface area (Å²) in [5, 5.41) is 0.628. The molecule has 0 fully saturated rings. The number of hydrogen-bond donors (Lipinski definition) is 0. The van der Waals surface area contributed by atoms with E-state index in [-0.39, 0.29) is 18.8 Å². The lowest BCUT2D eigenvalue weighted by molar-refractivity contribution is -0.138. The fourth-order valence-electron chi connectivity index (χ4n) is 5.44. The number of ether oxygens (including phenoxy) is 3. The Morgan fingerprint density at radius 3 is 2.52 bits per heavy atom. The molecule has 0 saturated heterocycles. The Balaban J connectivity index is 1.49. The molecule has 1 atom stereocenters. The third-order valence-corrected chi connectivity index (χ3v) is 10.2. The smallest absolute Gasteiger partial charge is 0.338 e. The first kappa shape index (κ1) is 33.8. The van der Waals surface area contributed by atoms with Crippen LogP contribution >= 0.6 is 50.6 Å². The molecule has 1 aliphatic rings. The normalized spacial score (nSPS) is 14.4. The van der Waals surface area contributed by atoms with E-state index in [4.69, 9.17) is 30.8 Å². The molecule has 0 N–H and O–H groups in total. The third kappa shape index (κ3) is 7.03. The summed E-state index contributed by atoms with van der Waals surface area (Å²) in [5.41, 5.74) is 3.67. The molecular formula is C37H30BrClN2O5S2. The van der Waals surface area contributed by atoms with Crippen molar-refractivity contribution in [1.29, 1.82) is 0 Å². The standard InChI is InChI=1S/C37H30BrClN2O5S2/c1-4-45-36(43)31-32(24-10-6-5-7-11-24)40-37-41(33(31)25-13-15-27(47-3)16-14-25)35(42)30(48-37)20-23-18-28(38)34(29(19-23)44-2)46-21-22-9-8-12-26(39)17-22/h5-20,33H,4,21H2,1-3H3/b30-20-/t33-/m0/s1. The number of rotatable bonds is 10. The molecule has 2 heterocycles. The molecule has 5 aromatic rings. The van der Waals surface area contributed by atoms with Gasteiger partial charge in [-0.2, -0.15) is 0 Å². The van der Waals surface area contributed by atoms with E-state index in [1.54, 1.807) is 36.4 Å². The van der Waals surface area contributed by atoms with E-state index < -0.39 is 12.0 Å². The average molecular weight is 762 g/mol. The third-order valence-electron chi connectivity index (χ3n) is 7.63. The lowest BCUT2D eigenvalue weighted by Crippen LogP contribution is -2.40. The fourth-order valence-corrected chi connectivity index (χ4v) is 7.64. The highest BCUT2D eigenvalue weighted by Crippen LogP contribution is 2.38. The fraction of sp³-hybridized carbons (Fsp3) is 0.162. The highest BCUT2D eigenvalue weighted by Gasteiger charge is 2.35. The summed E-state index contributed by atoms with van der Waals surface area (Å²) in [5.74, 6) is 0.500. The van der Waals surface area contributed by atoms with E-state index >= 15 is 0 Å². The van der Waals surface area contributed by atoms with Crippen LogP contribution in [0.15, 0.2) is 116 Å². The predicted molar refractivity (Wildman–Crippen MR) is 196 cm³/mol. The number of carbonyl (C=O) groups excluding carboxylic acids is 1. The summed E-state index contributed by atoms with van der Waals surface area (Å²) >= 11 is 12.6. The molecule has 0 aliphatic carbocycles. The van der Waals surface area contributed by atoms with E-state index in [1.807, 2.05) is 97.3 Å². The van der Waals surface area contributed by atoms with Crippen LogP contribution in [0.2, 0.25) is 5.02 Å². The number of thiazole rings is 1. The minimum absolute atomic E-state index is 0.183. The van der Waals surface area contributed by atoms with Gasteiger partial charge in [0.2, 0.25) is 0 Å². The molecule has 0 amide bonds. The minimum Gasteiger partial charge on any atom is -0.493 e. The molecule has 0 unspecified atom stereocenters. The molecule has 0 saturated carbocycles. The number of methoxy groups -OCH3 is 1. The molecule has 0 spiro atoms. The Labute approximate surface area is 299 Å². The number of fused-ring (bicyclic) bond motifs is 1. The van der Waals surface area contributed by atoms with E-state index in [0.717, 1.165) is 21.6 Å². The van der Waals surface area contributed by atoms with Crippen LogP contribution in [0.5, 0.6) is 11.5 Å². The monoisotopic (exact) mass is 760 g/mol. The first-order valence-electron chi connectivity index (χ1n) is 15.0. The lowest BCUT2D eigenvalue weighted by Gasteiger charge is -2.26. The number of esters is 1. The van der Waals surface area contributed by atoms with Crippen LogP contribution in [0.3, 0.4) is 0 Å². The minimum atomic E-state index is -0.753. The SMILES string of the molecule is CCOC(=O)C1=C(c2ccccc2)N=c2s/c(=C\c3cc(Br)c(OCc4cccc(Cl)c4)c(OC)c3)c(=O)n2[C@H]1c1ccc(SC)cc1. The quantitative estimate of drug-likeness (QED) is 0.108. The lowest BCUT2D eigenvalue weighted by atomic mass is 9.93. The van der Waals surface area contributed by atoms with Crippen LogP contribution < -0.4 is 24.4 Å². The van der Waals surface area contributed by atoms with Crippen LogP contribution in [-0.2, 0) is 16.1 Å². The van der Waals surface area contributed by atoms with Gasteiger partial charge in [-0.15, -0.1) is 11.8 Å². The van der Waals surface area contributed by atoms with Gasteiger partial charge in [0.15, 0.2) is 16.3 Å². The number of benzene rings is 4. The van der Waals surface area contributed by atoms with Crippen molar-refractivity contribution in [3.05, 3.63) is 148 Å². The zero-order valence-corrected chi connectivity index (χ0v) is 30.2. The maximum Gasteiger partial charge on any atom is 0.338 e. The Hall–Kier alpha value is -4.09. The van der Waals surface area contributed by atoms with Crippen molar-refractivity contribution in [2.24, 2.45) is 4.99 Å². The van der Waals surface area contributed by atoms with E-state index in [9.17, 15) is 9.59 Å². The Kier molecular flexibility index (Phi) is 10.6. The van der Waals surface area contributed by atoms with Gasteiger partial charge in [0.1, 0.15) is 6.61 Å². The second kappa shape index (κ2) is 15.0. The molecule has 6 rings (SSSR count). The zero-order chi connectivity index (χ0) is 33.8. The molecule has 1 aromatic heterocycles. The first-order valence-corrected chi connectivity index (χ1v) is 18.2. The van der Waals surface area contributed by atoms with Gasteiger partial charge in [-0.25, -0.2) is 9.79 Å². The van der Waals surface area contributed by atoms with Gasteiger partial charge in [-0.1, -0.05) is 77.5 Å². The molecule has 0 radical (unpaired) electrons. The Morgan fingerprint density at radius 1 is 1.06 bits per heavy atom. The zero-order valence-electron chi connectivity index (χ0n) is 26.2. The molecule has 48 heavy (non-hydrogen) atoms. The van der Waals surface area contributed by atoms with Crippen molar-refractivity contribution in [3.63, 3.8) is 0 Å². The Bertz CT molecular complexity index is 2200. The molecule has 7 nitrogen and oxygen atoms in total. The topological polar surface area (TPSA) is 79.1 Å². The van der Waals surface area contributed by atoms with Crippen molar-refractivity contribution in [2.75, 3.05) is 20.0 Å². The molecule has 0 bridgehead atoms. The number of hydrogen-bond acceptors (Lipinski definition) is 8. The van der Waals surface area contributed by atoms with Gasteiger partial charge in [-0.05, 0) is 88.3 Å². The van der Waals surface area contributed by atoms with Gasteiger partial charge in [0, 0.05) is 15.5 Å². The predicted octanol–water partition coefficient (Wildman–Crippen LogP) is 7.66. The highest BCUT2D eigenvalue weighted by molar-refractivity contribution is 9.10. The van der Waals surface area contributed by atoms with Crippen molar-refractivity contribution in [3.8, 4) is 11.5 Å². The van der Waals surface area contributed by atoms with Gasteiger partial charge in [0.05, 0.1) is 40.0 Å². The van der Waals surface area contributed by atoms with Gasteiger partial charge >= 0.3 is 5.97 Å². The molecule has 4 aromatic carbocycles. The van der Waals surface area contributed by atoms with Crippen molar-refractivity contribution >= 4 is 68.4 Å². The van der Waals surface area contributed by atoms with Crippen molar-refractivity contribution in [1.82, 2.24) is 4.57 Å². The van der Waals surface area contributed by atoms with Gasteiger partial charge < -0.3 is 14.2 Å². The number of halogens is 2. The van der Waals surface area contributed by atoms with Crippen LogP contribution in [0, 0.1) is 0 Å². The summed E-state index contributed by atoms with van der Waals surface area (Å²) < 4.78 is 20.1. The number of carbonyl (C=O) groups is 1. The molecule has 11 heteroatoms. The van der Waals surface area contributed by atoms with Crippen LogP contribution in [-0.4, -0.2) is 30.5 Å². The van der Waals surface area contributed by atoms with Crippen molar-refractivity contribution in [2.45, 2.75) is 24.5 Å². The van der Waals surface area contributed by atoms with Crippen LogP contribution in [0.25, 0.3) is 11.8 Å². The van der Waals surface area contributed by atoms with Crippen LogP contribution in [0.4, 0.5) is 0 Å². The van der Waals surface area contributed by atoms with Crippen molar-refractivity contribution < 1.29 is 19.0 Å². The number of nitrogens with zero attached hydrogens (tertiary/aromatic N) is 2. The summed E-state index contributed by atoms with van der Waals surface area (Å²) in [6.07, 6.45) is 3.79. The average Bonchev–Trinajstić information content (AvgIpc) is 3.41. The maximum atomic E-state index is 14.3. The summed E-state index contributed by atoms with van der Waals surface area (Å²) in [7, 11) is 1.57. The molecular weight excluding hydrogens is 732 g/mol. The summed E-state index contributed by atoms with van der Waals surface area (Å²) in [6, 6.07) is 27.8.